The van der Waals surface area contributed by atoms with Crippen molar-refractivity contribution in [1.82, 2.24) is 0 Å². The van der Waals surface area contributed by atoms with E-state index in [1.165, 1.54) is 16.9 Å². The largest absolute Gasteiger partial charge is 0.285 e. The van der Waals surface area contributed by atoms with Gasteiger partial charge in [-0.25, -0.2) is 0 Å². The Hall–Kier alpha value is -2.68. The van der Waals surface area contributed by atoms with Gasteiger partial charge in [0.25, 0.3) is 0 Å². The van der Waals surface area contributed by atoms with Crippen LogP contribution in [0.15, 0.2) is 47.6 Å². The zero-order valence-corrected chi connectivity index (χ0v) is 16.8. The van der Waals surface area contributed by atoms with E-state index in [1.54, 1.807) is 6.07 Å². The Labute approximate surface area is 167 Å². The Morgan fingerprint density at radius 3 is 2.56 bits per heavy atom. The van der Waals surface area contributed by atoms with Gasteiger partial charge in [0.1, 0.15) is 6.07 Å². The van der Waals surface area contributed by atoms with Crippen LogP contribution in [0.2, 0.25) is 5.02 Å². The van der Waals surface area contributed by atoms with Crippen LogP contribution >= 0.6 is 22.9 Å². The van der Waals surface area contributed by atoms with Crippen molar-refractivity contribution in [2.24, 2.45) is 5.10 Å². The minimum atomic E-state index is -0.390. The summed E-state index contributed by atoms with van der Waals surface area (Å²) in [7, 11) is 0. The van der Waals surface area contributed by atoms with E-state index in [0.717, 1.165) is 21.3 Å². The van der Waals surface area contributed by atoms with Crippen LogP contribution in [-0.2, 0) is 0 Å². The number of benzene rings is 2. The Kier molecular flexibility index (Phi) is 5.59. The van der Waals surface area contributed by atoms with Crippen molar-refractivity contribution in [1.29, 1.82) is 5.26 Å². The number of nitriles is 1. The number of rotatable bonds is 5. The van der Waals surface area contributed by atoms with Crippen LogP contribution in [0, 0.1) is 18.3 Å². The number of carbonyl (C=O) groups excluding carboxylic acids is 1. The Morgan fingerprint density at radius 1 is 1.22 bits per heavy atom. The first kappa shape index (κ1) is 19.1. The summed E-state index contributed by atoms with van der Waals surface area (Å²) in [5, 5.41) is 15.0. The van der Waals surface area contributed by atoms with Crippen LogP contribution < -0.4 is 5.43 Å². The number of Topliss-reactive ketones (excluding diaryl/α,β-unsaturated/α-hetero) is 1. The van der Waals surface area contributed by atoms with E-state index in [4.69, 9.17) is 11.6 Å². The second kappa shape index (κ2) is 7.91. The van der Waals surface area contributed by atoms with Crippen molar-refractivity contribution in [3.63, 3.8) is 0 Å². The molecule has 0 saturated carbocycles. The van der Waals surface area contributed by atoms with Crippen molar-refractivity contribution in [2.75, 3.05) is 5.43 Å². The summed E-state index contributed by atoms with van der Waals surface area (Å²) < 4.78 is 0.953. The van der Waals surface area contributed by atoms with Crippen molar-refractivity contribution < 1.29 is 4.79 Å². The predicted molar refractivity (Wildman–Crippen MR) is 113 cm³/mol. The fraction of sp³-hybridized carbons (Fsp3) is 0.190. The van der Waals surface area contributed by atoms with Gasteiger partial charge in [0.2, 0.25) is 11.5 Å². The number of nitrogens with one attached hydrogen (secondary N) is 1. The minimum Gasteiger partial charge on any atom is -0.285 e. The van der Waals surface area contributed by atoms with Crippen LogP contribution in [0.4, 0.5) is 5.69 Å². The number of anilines is 1. The van der Waals surface area contributed by atoms with Gasteiger partial charge < -0.3 is 0 Å². The van der Waals surface area contributed by atoms with Crippen LogP contribution in [0.25, 0.3) is 10.1 Å². The molecule has 0 aliphatic heterocycles. The summed E-state index contributed by atoms with van der Waals surface area (Å²) in [4.78, 5) is 13.3. The molecule has 1 aromatic heterocycles. The van der Waals surface area contributed by atoms with E-state index in [1.807, 2.05) is 49.4 Å². The highest BCUT2D eigenvalue weighted by Gasteiger charge is 2.21. The van der Waals surface area contributed by atoms with Gasteiger partial charge in [-0.3, -0.25) is 10.2 Å². The number of hydrazone groups is 1. The zero-order valence-electron chi connectivity index (χ0n) is 15.2. The first-order chi connectivity index (χ1) is 12.9. The third-order valence-electron chi connectivity index (χ3n) is 4.30. The molecule has 136 valence electrons. The number of nitrogens with zero attached hydrogens (tertiary/aromatic N) is 2. The standard InChI is InChI=1S/C21H18ClN3OS/c1-12(2)14-4-7-16(8-5-14)24-25-18(11-23)20(26)21-13(3)17-10-15(22)6-9-19(17)27-21/h4-10,12,24H,1-3H3/b25-18+. The number of ketones is 1. The molecule has 0 aliphatic rings. The third kappa shape index (κ3) is 4.02. The van der Waals surface area contributed by atoms with Gasteiger partial charge in [-0.2, -0.15) is 10.4 Å². The van der Waals surface area contributed by atoms with E-state index in [9.17, 15) is 10.1 Å². The van der Waals surface area contributed by atoms with E-state index >= 15 is 0 Å². The van der Waals surface area contributed by atoms with Crippen molar-refractivity contribution >= 4 is 50.2 Å². The Bertz CT molecular complexity index is 1080. The average Bonchev–Trinajstić information content (AvgIpc) is 2.98. The van der Waals surface area contributed by atoms with Gasteiger partial charge in [-0.1, -0.05) is 37.6 Å². The van der Waals surface area contributed by atoms with Crippen molar-refractivity contribution in [3.05, 3.63) is 63.5 Å². The number of hydrogen-bond acceptors (Lipinski definition) is 5. The summed E-state index contributed by atoms with van der Waals surface area (Å²) in [6.45, 7) is 6.09. The maximum Gasteiger partial charge on any atom is 0.234 e. The smallest absolute Gasteiger partial charge is 0.234 e. The molecule has 0 aliphatic carbocycles. The monoisotopic (exact) mass is 395 g/mol. The lowest BCUT2D eigenvalue weighted by Gasteiger charge is -2.06. The molecule has 1 N–H and O–H groups in total. The minimum absolute atomic E-state index is 0.177. The summed E-state index contributed by atoms with van der Waals surface area (Å²) in [5.74, 6) is 0.0434. The highest BCUT2D eigenvalue weighted by Crippen LogP contribution is 2.33. The van der Waals surface area contributed by atoms with Crippen LogP contribution in [0.3, 0.4) is 0 Å². The topological polar surface area (TPSA) is 65.2 Å². The van der Waals surface area contributed by atoms with E-state index in [-0.39, 0.29) is 5.71 Å². The Morgan fingerprint density at radius 2 is 1.93 bits per heavy atom. The lowest BCUT2D eigenvalue weighted by molar-refractivity contribution is 0.107. The van der Waals surface area contributed by atoms with E-state index in [2.05, 4.69) is 24.4 Å². The maximum atomic E-state index is 12.8. The number of carbonyl (C=O) groups is 1. The molecule has 0 saturated heterocycles. The fourth-order valence-corrected chi connectivity index (χ4v) is 4.01. The van der Waals surface area contributed by atoms with Gasteiger partial charge in [0, 0.05) is 9.72 Å². The molecule has 6 heteroatoms. The van der Waals surface area contributed by atoms with Gasteiger partial charge in [0.05, 0.1) is 10.6 Å². The zero-order chi connectivity index (χ0) is 19.6. The van der Waals surface area contributed by atoms with Gasteiger partial charge in [-0.05, 0) is 59.7 Å². The van der Waals surface area contributed by atoms with Gasteiger partial charge >= 0.3 is 0 Å². The molecule has 0 fully saturated rings. The Balaban J connectivity index is 1.87. The normalized spacial score (nSPS) is 11.6. The number of hydrogen-bond donors (Lipinski definition) is 1. The molecular weight excluding hydrogens is 378 g/mol. The molecule has 0 amide bonds. The van der Waals surface area contributed by atoms with Crippen LogP contribution in [0.1, 0.15) is 40.6 Å². The first-order valence-corrected chi connectivity index (χ1v) is 9.67. The second-order valence-corrected chi connectivity index (χ2v) is 7.98. The predicted octanol–water partition coefficient (Wildman–Crippen LogP) is 6.16. The third-order valence-corrected chi connectivity index (χ3v) is 5.81. The lowest BCUT2D eigenvalue weighted by Crippen LogP contribution is -2.14. The molecule has 27 heavy (non-hydrogen) atoms. The van der Waals surface area contributed by atoms with Gasteiger partial charge in [0.15, 0.2) is 0 Å². The summed E-state index contributed by atoms with van der Waals surface area (Å²) >= 11 is 7.39. The SMILES string of the molecule is Cc1c(C(=O)/C(C#N)=N/Nc2ccc(C(C)C)cc2)sc2ccc(Cl)cc12. The van der Waals surface area contributed by atoms with Crippen molar-refractivity contribution in [3.8, 4) is 6.07 Å². The molecule has 1 heterocycles. The first-order valence-electron chi connectivity index (χ1n) is 8.47. The van der Waals surface area contributed by atoms with E-state index < -0.39 is 5.78 Å². The maximum absolute atomic E-state index is 12.8. The van der Waals surface area contributed by atoms with Crippen LogP contribution in [-0.4, -0.2) is 11.5 Å². The summed E-state index contributed by atoms with van der Waals surface area (Å²) in [6.07, 6.45) is 0. The summed E-state index contributed by atoms with van der Waals surface area (Å²) in [5.41, 5.74) is 5.37. The fourth-order valence-electron chi connectivity index (χ4n) is 2.71. The number of fused-ring (bicyclic) bond motifs is 1. The van der Waals surface area contributed by atoms with Gasteiger partial charge in [-0.15, -0.1) is 11.3 Å². The highest BCUT2D eigenvalue weighted by molar-refractivity contribution is 7.21. The number of aryl methyl sites for hydroxylation is 1. The molecule has 3 rings (SSSR count). The second-order valence-electron chi connectivity index (χ2n) is 6.49. The molecule has 0 unspecified atom stereocenters. The molecule has 2 aromatic carbocycles. The molecule has 0 spiro atoms. The molecular formula is C21H18ClN3OS. The molecule has 0 radical (unpaired) electrons. The molecule has 4 nitrogen and oxygen atoms in total. The quantitative estimate of drug-likeness (QED) is 0.319. The number of thiophene rings is 1. The van der Waals surface area contributed by atoms with Crippen LogP contribution in [0.5, 0.6) is 0 Å². The molecule has 0 bridgehead atoms. The molecule has 0 atom stereocenters. The van der Waals surface area contributed by atoms with E-state index in [0.29, 0.717) is 15.8 Å². The van der Waals surface area contributed by atoms with Crippen molar-refractivity contribution in [2.45, 2.75) is 26.7 Å². The molecule has 3 aromatic rings. The lowest BCUT2D eigenvalue weighted by atomic mass is 10.0. The summed E-state index contributed by atoms with van der Waals surface area (Å²) in [6, 6.07) is 15.2. The number of halogens is 1. The average molecular weight is 396 g/mol. The highest BCUT2D eigenvalue weighted by atomic mass is 35.5.